The Morgan fingerprint density at radius 1 is 1.24 bits per heavy atom. The van der Waals surface area contributed by atoms with Gasteiger partial charge in [0.05, 0.1) is 5.69 Å². The molecule has 1 N–H and O–H groups in total. The van der Waals surface area contributed by atoms with Gasteiger partial charge in [-0.05, 0) is 59.0 Å². The normalized spacial score (nSPS) is 13.1. The van der Waals surface area contributed by atoms with Crippen molar-refractivity contribution in [2.75, 3.05) is 11.9 Å². The maximum absolute atomic E-state index is 12.6. The second kappa shape index (κ2) is 5.65. The van der Waals surface area contributed by atoms with E-state index < -0.39 is 0 Å². The molecule has 0 unspecified atom stereocenters. The van der Waals surface area contributed by atoms with E-state index in [1.54, 1.807) is 36.4 Å². The topological polar surface area (TPSA) is 55.4 Å². The number of ether oxygens (including phenoxy) is 1. The number of hydrogen-bond donors (Lipinski definition) is 1. The van der Waals surface area contributed by atoms with Crippen LogP contribution in [0.2, 0.25) is 5.02 Å². The molecule has 3 rings (SSSR count). The van der Waals surface area contributed by atoms with Crippen LogP contribution in [0.5, 0.6) is 5.75 Å². The Labute approximate surface area is 139 Å². The van der Waals surface area contributed by atoms with Crippen molar-refractivity contribution in [2.45, 2.75) is 0 Å². The highest BCUT2D eigenvalue weighted by Gasteiger charge is 2.19. The van der Waals surface area contributed by atoms with Gasteiger partial charge in [-0.25, -0.2) is 0 Å². The zero-order valence-electron chi connectivity index (χ0n) is 10.7. The quantitative estimate of drug-likeness (QED) is 0.606. The molecule has 1 aliphatic heterocycles. The number of amides is 1. The van der Waals surface area contributed by atoms with Crippen LogP contribution >= 0.6 is 34.2 Å². The number of halogens is 2. The molecule has 0 atom stereocenters. The molecule has 2 aromatic rings. The van der Waals surface area contributed by atoms with Gasteiger partial charge in [0.1, 0.15) is 5.75 Å². The Kier molecular flexibility index (Phi) is 3.86. The molecule has 1 amide bonds. The smallest absolute Gasteiger partial charge is 0.262 e. The van der Waals surface area contributed by atoms with Crippen molar-refractivity contribution in [2.24, 2.45) is 0 Å². The number of ketones is 1. The molecule has 2 aromatic carbocycles. The number of rotatable bonds is 2. The van der Waals surface area contributed by atoms with Gasteiger partial charge in [-0.1, -0.05) is 11.6 Å². The molecule has 0 radical (unpaired) electrons. The maximum atomic E-state index is 12.6. The first-order valence-corrected chi connectivity index (χ1v) is 7.57. The van der Waals surface area contributed by atoms with Crippen LogP contribution in [-0.4, -0.2) is 18.3 Å². The summed E-state index contributed by atoms with van der Waals surface area (Å²) in [5, 5.41) is 3.20. The molecule has 1 aliphatic rings. The van der Waals surface area contributed by atoms with Crippen LogP contribution in [0.3, 0.4) is 0 Å². The average Bonchev–Trinajstić information content (AvgIpc) is 2.48. The second-order valence-electron chi connectivity index (χ2n) is 4.50. The van der Waals surface area contributed by atoms with Gasteiger partial charge in [-0.2, -0.15) is 0 Å². The monoisotopic (exact) mass is 413 g/mol. The van der Waals surface area contributed by atoms with E-state index in [0.717, 1.165) is 3.57 Å². The summed E-state index contributed by atoms with van der Waals surface area (Å²) in [6, 6.07) is 10.1. The summed E-state index contributed by atoms with van der Waals surface area (Å²) in [5.74, 6) is 0.181. The molecule has 21 heavy (non-hydrogen) atoms. The molecule has 0 spiro atoms. The van der Waals surface area contributed by atoms with Gasteiger partial charge in [0.2, 0.25) is 0 Å². The second-order valence-corrected chi connectivity index (χ2v) is 6.10. The molecule has 0 bridgehead atoms. The van der Waals surface area contributed by atoms with Crippen molar-refractivity contribution in [1.82, 2.24) is 0 Å². The first kappa shape index (κ1) is 14.3. The van der Waals surface area contributed by atoms with E-state index in [-0.39, 0.29) is 18.3 Å². The van der Waals surface area contributed by atoms with E-state index in [0.29, 0.717) is 27.6 Å². The first-order valence-electron chi connectivity index (χ1n) is 6.11. The molecule has 4 nitrogen and oxygen atoms in total. The van der Waals surface area contributed by atoms with Crippen LogP contribution in [0.4, 0.5) is 5.69 Å². The van der Waals surface area contributed by atoms with Gasteiger partial charge in [-0.15, -0.1) is 0 Å². The summed E-state index contributed by atoms with van der Waals surface area (Å²) >= 11 is 8.04. The molecule has 1 heterocycles. The van der Waals surface area contributed by atoms with Gasteiger partial charge in [-0.3, -0.25) is 9.59 Å². The number of carbonyl (C=O) groups is 2. The van der Waals surface area contributed by atoms with Crippen LogP contribution in [0, 0.1) is 3.57 Å². The Hall–Kier alpha value is -1.60. The lowest BCUT2D eigenvalue weighted by Crippen LogP contribution is -2.25. The highest BCUT2D eigenvalue weighted by atomic mass is 127. The Morgan fingerprint density at radius 3 is 2.86 bits per heavy atom. The van der Waals surface area contributed by atoms with Gasteiger partial charge in [0, 0.05) is 19.7 Å². The van der Waals surface area contributed by atoms with Gasteiger partial charge in [0.25, 0.3) is 5.91 Å². The molecular formula is C15H9ClINO3. The van der Waals surface area contributed by atoms with E-state index in [1.165, 1.54) is 0 Å². The van der Waals surface area contributed by atoms with Crippen LogP contribution in [-0.2, 0) is 4.79 Å². The minimum absolute atomic E-state index is 0.00746. The minimum Gasteiger partial charge on any atom is -0.482 e. The zero-order valence-corrected chi connectivity index (χ0v) is 13.6. The largest absolute Gasteiger partial charge is 0.482 e. The van der Waals surface area contributed by atoms with Crippen molar-refractivity contribution in [3.8, 4) is 5.75 Å². The van der Waals surface area contributed by atoms with Crippen molar-refractivity contribution in [1.29, 1.82) is 0 Å². The summed E-state index contributed by atoms with van der Waals surface area (Å²) in [7, 11) is 0. The molecule has 0 saturated carbocycles. The number of benzene rings is 2. The third kappa shape index (κ3) is 2.89. The fraction of sp³-hybridized carbons (Fsp3) is 0.0667. The lowest BCUT2D eigenvalue weighted by Gasteiger charge is -2.18. The van der Waals surface area contributed by atoms with Crippen LogP contribution in [0.15, 0.2) is 36.4 Å². The fourth-order valence-electron chi connectivity index (χ4n) is 2.05. The minimum atomic E-state index is -0.232. The third-order valence-corrected chi connectivity index (χ3v) is 4.22. The van der Waals surface area contributed by atoms with Gasteiger partial charge in [0.15, 0.2) is 12.4 Å². The predicted molar refractivity (Wildman–Crippen MR) is 88.2 cm³/mol. The zero-order chi connectivity index (χ0) is 15.0. The Bertz CT molecular complexity index is 761. The summed E-state index contributed by atoms with van der Waals surface area (Å²) in [5.41, 5.74) is 1.51. The average molecular weight is 414 g/mol. The van der Waals surface area contributed by atoms with Crippen molar-refractivity contribution >= 4 is 51.6 Å². The summed E-state index contributed by atoms with van der Waals surface area (Å²) in [6.07, 6.45) is 0. The predicted octanol–water partition coefficient (Wildman–Crippen LogP) is 3.51. The van der Waals surface area contributed by atoms with Gasteiger partial charge < -0.3 is 10.1 Å². The van der Waals surface area contributed by atoms with Crippen molar-refractivity contribution in [3.63, 3.8) is 0 Å². The molecule has 0 fully saturated rings. The summed E-state index contributed by atoms with van der Waals surface area (Å²) < 4.78 is 6.09. The van der Waals surface area contributed by atoms with Crippen molar-refractivity contribution in [3.05, 3.63) is 56.1 Å². The SMILES string of the molecule is O=C1COc2ccc(C(=O)c3cc(Cl)ccc3I)cc2N1. The first-order chi connectivity index (χ1) is 10.0. The van der Waals surface area contributed by atoms with Crippen LogP contribution in [0.1, 0.15) is 15.9 Å². The maximum Gasteiger partial charge on any atom is 0.262 e. The standard InChI is InChI=1S/C15H9ClINO3/c16-9-2-3-11(17)10(6-9)15(20)8-1-4-13-12(5-8)18-14(19)7-21-13/h1-6H,7H2,(H,18,19). The summed E-state index contributed by atoms with van der Waals surface area (Å²) in [6.45, 7) is -0.00746. The Balaban J connectivity index is 2.00. The number of nitrogens with one attached hydrogen (secondary N) is 1. The van der Waals surface area contributed by atoms with E-state index in [4.69, 9.17) is 16.3 Å². The Morgan fingerprint density at radius 2 is 2.05 bits per heavy atom. The summed E-state index contributed by atoms with van der Waals surface area (Å²) in [4.78, 5) is 23.9. The number of anilines is 1. The van der Waals surface area contributed by atoms with E-state index in [9.17, 15) is 9.59 Å². The molecule has 0 aliphatic carbocycles. The molecule has 0 aromatic heterocycles. The van der Waals surface area contributed by atoms with E-state index >= 15 is 0 Å². The lowest BCUT2D eigenvalue weighted by molar-refractivity contribution is -0.118. The van der Waals surface area contributed by atoms with Crippen molar-refractivity contribution < 1.29 is 14.3 Å². The number of carbonyl (C=O) groups excluding carboxylic acids is 2. The number of fused-ring (bicyclic) bond motifs is 1. The molecule has 106 valence electrons. The van der Waals surface area contributed by atoms with Crippen LogP contribution < -0.4 is 10.1 Å². The van der Waals surface area contributed by atoms with Gasteiger partial charge >= 0.3 is 0 Å². The fourth-order valence-corrected chi connectivity index (χ4v) is 2.80. The molecular weight excluding hydrogens is 405 g/mol. The molecule has 6 heteroatoms. The van der Waals surface area contributed by atoms with Crippen LogP contribution in [0.25, 0.3) is 0 Å². The highest BCUT2D eigenvalue weighted by Crippen LogP contribution is 2.30. The highest BCUT2D eigenvalue weighted by molar-refractivity contribution is 14.1. The van der Waals surface area contributed by atoms with E-state index in [1.807, 2.05) is 0 Å². The number of hydrogen-bond acceptors (Lipinski definition) is 3. The molecule has 0 saturated heterocycles. The van der Waals surface area contributed by atoms with E-state index in [2.05, 4.69) is 27.9 Å². The lowest BCUT2D eigenvalue weighted by atomic mass is 10.0. The third-order valence-electron chi connectivity index (χ3n) is 3.05.